The van der Waals surface area contributed by atoms with Crippen LogP contribution in [0.25, 0.3) is 0 Å². The average molecular weight is 338 g/mol. The predicted molar refractivity (Wildman–Crippen MR) is 87.9 cm³/mol. The highest BCUT2D eigenvalue weighted by Crippen LogP contribution is 2.24. The van der Waals surface area contributed by atoms with Crippen molar-refractivity contribution in [2.45, 2.75) is 46.3 Å². The lowest BCUT2D eigenvalue weighted by atomic mass is 10.2. The second-order valence-corrected chi connectivity index (χ2v) is 6.05. The van der Waals surface area contributed by atoms with Gasteiger partial charge in [0.25, 0.3) is 5.69 Å². The van der Waals surface area contributed by atoms with Crippen LogP contribution in [0.5, 0.6) is 0 Å². The summed E-state index contributed by atoms with van der Waals surface area (Å²) in [6, 6.07) is 4.34. The number of anilines is 1. The van der Waals surface area contributed by atoms with Gasteiger partial charge < -0.3 is 9.47 Å². The smallest absolute Gasteiger partial charge is 0.415 e. The molecule has 0 unspecified atom stereocenters. The van der Waals surface area contributed by atoms with Gasteiger partial charge in [-0.2, -0.15) is 0 Å². The van der Waals surface area contributed by atoms with Gasteiger partial charge in [-0.1, -0.05) is 0 Å². The number of amides is 1. The summed E-state index contributed by atoms with van der Waals surface area (Å²) >= 11 is 0. The molecule has 0 aliphatic carbocycles. The van der Waals surface area contributed by atoms with Crippen LogP contribution in [0.2, 0.25) is 0 Å². The third-order valence-electron chi connectivity index (χ3n) is 2.94. The molecule has 0 radical (unpaired) electrons. The summed E-state index contributed by atoms with van der Waals surface area (Å²) in [5.74, 6) is -0.596. The van der Waals surface area contributed by atoms with E-state index < -0.39 is 28.6 Å². The first-order valence-electron chi connectivity index (χ1n) is 7.50. The van der Waals surface area contributed by atoms with Crippen molar-refractivity contribution in [1.82, 2.24) is 0 Å². The highest BCUT2D eigenvalue weighted by Gasteiger charge is 2.32. The number of carbonyl (C=O) groups excluding carboxylic acids is 2. The molecule has 1 rings (SSSR count). The third-order valence-corrected chi connectivity index (χ3v) is 2.94. The Bertz CT molecular complexity index is 606. The molecule has 0 aromatic heterocycles. The number of nitrogens with zero attached hydrogens (tertiary/aromatic N) is 2. The van der Waals surface area contributed by atoms with Gasteiger partial charge in [-0.25, -0.2) is 9.59 Å². The van der Waals surface area contributed by atoms with Crippen LogP contribution < -0.4 is 4.90 Å². The lowest BCUT2D eigenvalue weighted by Gasteiger charge is -2.30. The van der Waals surface area contributed by atoms with E-state index in [1.807, 2.05) is 0 Å². The summed E-state index contributed by atoms with van der Waals surface area (Å²) in [4.78, 5) is 35.8. The van der Waals surface area contributed by atoms with Gasteiger partial charge >= 0.3 is 12.1 Å². The van der Waals surface area contributed by atoms with Crippen molar-refractivity contribution in [2.75, 3.05) is 11.5 Å². The topological polar surface area (TPSA) is 99.0 Å². The van der Waals surface area contributed by atoms with Crippen LogP contribution in [0.4, 0.5) is 16.2 Å². The van der Waals surface area contributed by atoms with Crippen molar-refractivity contribution >= 4 is 23.4 Å². The van der Waals surface area contributed by atoms with E-state index in [0.717, 1.165) is 4.90 Å². The Kier molecular flexibility index (Phi) is 6.27. The molecule has 0 heterocycles. The summed E-state index contributed by atoms with van der Waals surface area (Å²) in [7, 11) is 0. The van der Waals surface area contributed by atoms with Crippen LogP contribution in [0, 0.1) is 10.1 Å². The van der Waals surface area contributed by atoms with Crippen molar-refractivity contribution in [3.8, 4) is 0 Å². The lowest BCUT2D eigenvalue weighted by Crippen LogP contribution is -2.46. The normalized spacial score (nSPS) is 12.2. The highest BCUT2D eigenvalue weighted by atomic mass is 16.6. The molecular formula is C16H22N2O6. The largest absolute Gasteiger partial charge is 0.464 e. The highest BCUT2D eigenvalue weighted by molar-refractivity contribution is 5.95. The fourth-order valence-electron chi connectivity index (χ4n) is 1.90. The molecule has 1 aromatic carbocycles. The van der Waals surface area contributed by atoms with Crippen LogP contribution in [0.1, 0.15) is 34.6 Å². The van der Waals surface area contributed by atoms with Crippen molar-refractivity contribution in [3.63, 3.8) is 0 Å². The van der Waals surface area contributed by atoms with E-state index >= 15 is 0 Å². The van der Waals surface area contributed by atoms with Gasteiger partial charge in [0.15, 0.2) is 0 Å². The number of esters is 1. The number of carbonyl (C=O) groups is 2. The first-order chi connectivity index (χ1) is 11.1. The van der Waals surface area contributed by atoms with E-state index in [9.17, 15) is 19.7 Å². The summed E-state index contributed by atoms with van der Waals surface area (Å²) in [6.45, 7) is 8.44. The zero-order chi connectivity index (χ0) is 18.5. The van der Waals surface area contributed by atoms with Crippen molar-refractivity contribution < 1.29 is 24.0 Å². The van der Waals surface area contributed by atoms with Gasteiger partial charge in [0.2, 0.25) is 0 Å². The second-order valence-electron chi connectivity index (χ2n) is 6.05. The number of hydrogen-bond donors (Lipinski definition) is 0. The summed E-state index contributed by atoms with van der Waals surface area (Å²) in [5, 5.41) is 10.8. The molecule has 0 aliphatic heterocycles. The Morgan fingerprint density at radius 3 is 2.21 bits per heavy atom. The maximum atomic E-state index is 12.5. The Morgan fingerprint density at radius 2 is 1.79 bits per heavy atom. The number of rotatable bonds is 5. The van der Waals surface area contributed by atoms with Crippen LogP contribution in [0.3, 0.4) is 0 Å². The fourth-order valence-corrected chi connectivity index (χ4v) is 1.90. The molecule has 1 aromatic rings. The summed E-state index contributed by atoms with van der Waals surface area (Å²) < 4.78 is 10.3. The minimum atomic E-state index is -0.943. The van der Waals surface area contributed by atoms with Crippen LogP contribution in [0.15, 0.2) is 24.3 Å². The van der Waals surface area contributed by atoms with Gasteiger partial charge in [-0.3, -0.25) is 15.0 Å². The average Bonchev–Trinajstić information content (AvgIpc) is 2.46. The maximum Gasteiger partial charge on any atom is 0.415 e. The number of nitro benzene ring substituents is 1. The number of non-ortho nitro benzene ring substituents is 1. The molecule has 8 nitrogen and oxygen atoms in total. The molecule has 1 atom stereocenters. The number of nitro groups is 1. The van der Waals surface area contributed by atoms with Gasteiger partial charge in [-0.05, 0) is 46.8 Å². The molecule has 0 fully saturated rings. The predicted octanol–water partition coefficient (Wildman–Crippen LogP) is 3.29. The Balaban J connectivity index is 3.19. The molecule has 0 saturated heterocycles. The standard InChI is InChI=1S/C16H22N2O6/c1-6-23-14(19)11(2)17(15(20)24-16(3,4)5)12-7-9-13(10-8-12)18(21)22/h7-11H,6H2,1-5H3/t11-/m0/s1. The van der Waals surface area contributed by atoms with Gasteiger partial charge in [0.05, 0.1) is 11.5 Å². The Hall–Kier alpha value is -2.64. The zero-order valence-electron chi connectivity index (χ0n) is 14.4. The number of hydrogen-bond acceptors (Lipinski definition) is 6. The van der Waals surface area contributed by atoms with Gasteiger partial charge in [0.1, 0.15) is 11.6 Å². The number of ether oxygens (including phenoxy) is 2. The molecular weight excluding hydrogens is 316 g/mol. The van der Waals surface area contributed by atoms with Crippen molar-refractivity contribution in [3.05, 3.63) is 34.4 Å². The lowest BCUT2D eigenvalue weighted by molar-refractivity contribution is -0.384. The SMILES string of the molecule is CCOC(=O)[C@H](C)N(C(=O)OC(C)(C)C)c1ccc([N+](=O)[O-])cc1. The zero-order valence-corrected chi connectivity index (χ0v) is 14.4. The molecule has 0 spiro atoms. The molecule has 0 bridgehead atoms. The maximum absolute atomic E-state index is 12.5. The van der Waals surface area contributed by atoms with Crippen LogP contribution in [-0.2, 0) is 14.3 Å². The molecule has 8 heteroatoms. The van der Waals surface area contributed by atoms with E-state index in [-0.39, 0.29) is 12.3 Å². The van der Waals surface area contributed by atoms with Crippen LogP contribution >= 0.6 is 0 Å². The monoisotopic (exact) mass is 338 g/mol. The molecule has 1 amide bonds. The second kappa shape index (κ2) is 7.76. The minimum absolute atomic E-state index is 0.119. The third kappa shape index (κ3) is 5.22. The molecule has 132 valence electrons. The van der Waals surface area contributed by atoms with E-state index in [2.05, 4.69) is 0 Å². The van der Waals surface area contributed by atoms with E-state index in [1.54, 1.807) is 27.7 Å². The number of benzene rings is 1. The Labute approximate surface area is 140 Å². The summed E-state index contributed by atoms with van der Waals surface area (Å²) in [6.07, 6.45) is -0.739. The first kappa shape index (κ1) is 19.4. The van der Waals surface area contributed by atoms with E-state index in [4.69, 9.17) is 9.47 Å². The molecule has 0 N–H and O–H groups in total. The van der Waals surface area contributed by atoms with Gasteiger partial charge in [-0.15, -0.1) is 0 Å². The van der Waals surface area contributed by atoms with Crippen molar-refractivity contribution in [2.24, 2.45) is 0 Å². The quantitative estimate of drug-likeness (QED) is 0.464. The summed E-state index contributed by atoms with van der Waals surface area (Å²) in [5.41, 5.74) is -0.577. The van der Waals surface area contributed by atoms with Crippen molar-refractivity contribution in [1.29, 1.82) is 0 Å². The minimum Gasteiger partial charge on any atom is -0.464 e. The molecule has 24 heavy (non-hydrogen) atoms. The van der Waals surface area contributed by atoms with E-state index in [1.165, 1.54) is 31.2 Å². The molecule has 0 aliphatic rings. The van der Waals surface area contributed by atoms with E-state index in [0.29, 0.717) is 5.69 Å². The fraction of sp³-hybridized carbons (Fsp3) is 0.500. The first-order valence-corrected chi connectivity index (χ1v) is 7.50. The molecule has 0 saturated carbocycles. The van der Waals surface area contributed by atoms with Crippen LogP contribution in [-0.4, -0.2) is 35.2 Å². The Morgan fingerprint density at radius 1 is 1.25 bits per heavy atom. The van der Waals surface area contributed by atoms with Gasteiger partial charge in [0, 0.05) is 17.8 Å².